The Hall–Kier alpha value is -2.47. The van der Waals surface area contributed by atoms with E-state index < -0.39 is 6.04 Å². The number of carbonyl (C=O) groups excluding carboxylic acids is 2. The fourth-order valence-corrected chi connectivity index (χ4v) is 4.88. The first-order valence-electron chi connectivity index (χ1n) is 12.1. The summed E-state index contributed by atoms with van der Waals surface area (Å²) in [5.41, 5.74) is 1.81. The van der Waals surface area contributed by atoms with Gasteiger partial charge in [-0.25, -0.2) is 0 Å². The van der Waals surface area contributed by atoms with Crippen molar-refractivity contribution in [2.45, 2.75) is 44.2 Å². The minimum absolute atomic E-state index is 0.0861. The van der Waals surface area contributed by atoms with Crippen LogP contribution in [0.1, 0.15) is 31.4 Å². The van der Waals surface area contributed by atoms with Gasteiger partial charge in [0.25, 0.3) is 0 Å². The molecule has 0 radical (unpaired) electrons. The molecule has 0 heterocycles. The molecule has 0 aliphatic rings. The summed E-state index contributed by atoms with van der Waals surface area (Å²) in [4.78, 5) is 29.8. The van der Waals surface area contributed by atoms with E-state index in [1.807, 2.05) is 86.6 Å². The molecule has 0 fully saturated rings. The summed E-state index contributed by atoms with van der Waals surface area (Å²) in [5.74, 6) is 0.649. The van der Waals surface area contributed by atoms with Crippen LogP contribution in [-0.2, 0) is 22.6 Å². The molecule has 0 aliphatic carbocycles. The van der Waals surface area contributed by atoms with E-state index >= 15 is 0 Å². The number of nitrogens with zero attached hydrogens (tertiary/aromatic N) is 1. The molecule has 0 saturated carbocycles. The summed E-state index contributed by atoms with van der Waals surface area (Å²) in [6.45, 7) is 4.90. The van der Waals surface area contributed by atoms with Crippen molar-refractivity contribution in [3.8, 4) is 0 Å². The lowest BCUT2D eigenvalue weighted by Crippen LogP contribution is -2.51. The molecule has 36 heavy (non-hydrogen) atoms. The van der Waals surface area contributed by atoms with E-state index in [1.165, 1.54) is 0 Å². The molecule has 3 rings (SSSR count). The topological polar surface area (TPSA) is 49.4 Å². The molecule has 4 nitrogen and oxygen atoms in total. The van der Waals surface area contributed by atoms with E-state index in [0.29, 0.717) is 41.1 Å². The zero-order valence-electron chi connectivity index (χ0n) is 20.6. The second kappa shape index (κ2) is 14.3. The van der Waals surface area contributed by atoms with Crippen molar-refractivity contribution >= 4 is 46.8 Å². The van der Waals surface area contributed by atoms with Crippen molar-refractivity contribution in [3.05, 3.63) is 100 Å². The van der Waals surface area contributed by atoms with Gasteiger partial charge in [0.05, 0.1) is 0 Å². The van der Waals surface area contributed by atoms with E-state index in [2.05, 4.69) is 5.32 Å². The SMILES string of the molecule is CC(C)CNC(=O)[C@H](Cc1ccccc1)N(Cc1ccccc1Cl)C(=O)CCSc1ccc(Cl)cc1. The molecule has 3 aromatic rings. The maximum Gasteiger partial charge on any atom is 0.243 e. The fraction of sp³-hybridized carbons (Fsp3) is 0.310. The second-order valence-electron chi connectivity index (χ2n) is 9.01. The summed E-state index contributed by atoms with van der Waals surface area (Å²) in [7, 11) is 0. The van der Waals surface area contributed by atoms with Crippen LogP contribution in [0, 0.1) is 5.92 Å². The molecule has 0 aromatic heterocycles. The van der Waals surface area contributed by atoms with Crippen LogP contribution in [-0.4, -0.2) is 35.1 Å². The van der Waals surface area contributed by atoms with Gasteiger partial charge in [0, 0.05) is 46.6 Å². The van der Waals surface area contributed by atoms with Crippen molar-refractivity contribution in [3.63, 3.8) is 0 Å². The van der Waals surface area contributed by atoms with Crippen molar-refractivity contribution in [2.75, 3.05) is 12.3 Å². The predicted octanol–water partition coefficient (Wildman–Crippen LogP) is 6.89. The average Bonchev–Trinajstić information content (AvgIpc) is 2.87. The van der Waals surface area contributed by atoms with E-state index in [-0.39, 0.29) is 18.4 Å². The largest absolute Gasteiger partial charge is 0.354 e. The molecule has 0 spiro atoms. The van der Waals surface area contributed by atoms with Gasteiger partial charge in [0.15, 0.2) is 0 Å². The number of amides is 2. The number of benzene rings is 3. The van der Waals surface area contributed by atoms with E-state index in [0.717, 1.165) is 16.0 Å². The lowest BCUT2D eigenvalue weighted by Gasteiger charge is -2.32. The lowest BCUT2D eigenvalue weighted by atomic mass is 10.0. The highest BCUT2D eigenvalue weighted by Crippen LogP contribution is 2.24. The van der Waals surface area contributed by atoms with E-state index in [1.54, 1.807) is 22.7 Å². The molecule has 1 N–H and O–H groups in total. The summed E-state index contributed by atoms with van der Waals surface area (Å²) in [6, 6.07) is 24.2. The fourth-order valence-electron chi connectivity index (χ4n) is 3.72. The minimum atomic E-state index is -0.657. The Morgan fingerprint density at radius 3 is 2.25 bits per heavy atom. The lowest BCUT2D eigenvalue weighted by molar-refractivity contribution is -0.141. The van der Waals surface area contributed by atoms with Crippen LogP contribution in [0.2, 0.25) is 10.0 Å². The number of hydrogen-bond acceptors (Lipinski definition) is 3. The second-order valence-corrected chi connectivity index (χ2v) is 11.0. The Kier molecular flexibility index (Phi) is 11.2. The van der Waals surface area contributed by atoms with Gasteiger partial charge in [-0.15, -0.1) is 11.8 Å². The number of rotatable bonds is 12. The minimum Gasteiger partial charge on any atom is -0.354 e. The van der Waals surface area contributed by atoms with Crippen LogP contribution in [0.4, 0.5) is 0 Å². The van der Waals surface area contributed by atoms with Gasteiger partial charge in [0.2, 0.25) is 11.8 Å². The van der Waals surface area contributed by atoms with Gasteiger partial charge in [0.1, 0.15) is 6.04 Å². The Balaban J connectivity index is 1.84. The molecular weight excluding hydrogens is 511 g/mol. The van der Waals surface area contributed by atoms with Crippen molar-refractivity contribution in [1.29, 1.82) is 0 Å². The maximum atomic E-state index is 13.6. The highest BCUT2D eigenvalue weighted by atomic mass is 35.5. The molecule has 0 bridgehead atoms. The van der Waals surface area contributed by atoms with Crippen LogP contribution < -0.4 is 5.32 Å². The van der Waals surface area contributed by atoms with Crippen LogP contribution in [0.25, 0.3) is 0 Å². The first-order valence-corrected chi connectivity index (χ1v) is 13.8. The zero-order chi connectivity index (χ0) is 25.9. The molecule has 0 saturated heterocycles. The standard InChI is InChI=1S/C29H32Cl2N2O2S/c1-21(2)19-32-29(35)27(18-22-8-4-3-5-9-22)33(20-23-10-6-7-11-26(23)31)28(34)16-17-36-25-14-12-24(30)13-15-25/h3-15,21,27H,16-20H2,1-2H3,(H,32,35)/t27-/m0/s1. The molecule has 7 heteroatoms. The van der Waals surface area contributed by atoms with Crippen LogP contribution >= 0.6 is 35.0 Å². The monoisotopic (exact) mass is 542 g/mol. The summed E-state index contributed by atoms with van der Waals surface area (Å²) < 4.78 is 0. The van der Waals surface area contributed by atoms with Gasteiger partial charge < -0.3 is 10.2 Å². The third-order valence-electron chi connectivity index (χ3n) is 5.65. The van der Waals surface area contributed by atoms with Crippen molar-refractivity contribution in [1.82, 2.24) is 10.2 Å². The first kappa shape index (κ1) is 28.1. The highest BCUT2D eigenvalue weighted by Gasteiger charge is 2.30. The highest BCUT2D eigenvalue weighted by molar-refractivity contribution is 7.99. The molecule has 1 atom stereocenters. The maximum absolute atomic E-state index is 13.6. The molecule has 0 unspecified atom stereocenters. The predicted molar refractivity (Wildman–Crippen MR) is 151 cm³/mol. The zero-order valence-corrected chi connectivity index (χ0v) is 23.0. The Morgan fingerprint density at radius 1 is 0.917 bits per heavy atom. The third kappa shape index (κ3) is 8.88. The van der Waals surface area contributed by atoms with E-state index in [9.17, 15) is 9.59 Å². The number of hydrogen-bond donors (Lipinski definition) is 1. The van der Waals surface area contributed by atoms with Gasteiger partial charge in [-0.1, -0.05) is 85.6 Å². The molecule has 3 aromatic carbocycles. The van der Waals surface area contributed by atoms with Crippen molar-refractivity contribution in [2.24, 2.45) is 5.92 Å². The van der Waals surface area contributed by atoms with Gasteiger partial charge in [-0.2, -0.15) is 0 Å². The quantitative estimate of drug-likeness (QED) is 0.253. The Bertz CT molecular complexity index is 1120. The number of nitrogens with one attached hydrogen (secondary N) is 1. The van der Waals surface area contributed by atoms with Gasteiger partial charge >= 0.3 is 0 Å². The summed E-state index contributed by atoms with van der Waals surface area (Å²) >= 11 is 14.0. The van der Waals surface area contributed by atoms with E-state index in [4.69, 9.17) is 23.2 Å². The smallest absolute Gasteiger partial charge is 0.243 e. The summed E-state index contributed by atoms with van der Waals surface area (Å²) in [5, 5.41) is 4.30. The first-order chi connectivity index (χ1) is 17.3. The van der Waals surface area contributed by atoms with Crippen LogP contribution in [0.5, 0.6) is 0 Å². The van der Waals surface area contributed by atoms with Crippen LogP contribution in [0.15, 0.2) is 83.8 Å². The average molecular weight is 544 g/mol. The Morgan fingerprint density at radius 2 is 1.58 bits per heavy atom. The molecular formula is C29H32Cl2N2O2S. The van der Waals surface area contributed by atoms with Crippen molar-refractivity contribution < 1.29 is 9.59 Å². The van der Waals surface area contributed by atoms with Gasteiger partial charge in [-0.3, -0.25) is 9.59 Å². The van der Waals surface area contributed by atoms with Crippen LogP contribution in [0.3, 0.4) is 0 Å². The number of halogens is 2. The molecule has 190 valence electrons. The van der Waals surface area contributed by atoms with Gasteiger partial charge in [-0.05, 0) is 47.4 Å². The molecule has 2 amide bonds. The Labute approximate surface area is 228 Å². The normalized spacial score (nSPS) is 11.8. The summed E-state index contributed by atoms with van der Waals surface area (Å²) in [6.07, 6.45) is 0.714. The molecule has 0 aliphatic heterocycles. The number of carbonyl (C=O) groups is 2. The number of thioether (sulfide) groups is 1. The third-order valence-corrected chi connectivity index (χ3v) is 7.29.